The van der Waals surface area contributed by atoms with Gasteiger partial charge in [0.2, 0.25) is 5.91 Å². The van der Waals surface area contributed by atoms with Crippen LogP contribution in [-0.4, -0.2) is 15.7 Å². The first-order chi connectivity index (χ1) is 13.1. The van der Waals surface area contributed by atoms with Crippen LogP contribution in [0.3, 0.4) is 0 Å². The molecule has 0 saturated heterocycles. The zero-order valence-electron chi connectivity index (χ0n) is 14.9. The molecule has 0 bridgehead atoms. The van der Waals surface area contributed by atoms with Gasteiger partial charge in [0, 0.05) is 18.3 Å². The van der Waals surface area contributed by atoms with Gasteiger partial charge in [0.05, 0.1) is 11.7 Å². The van der Waals surface area contributed by atoms with E-state index in [1.165, 1.54) is 31.1 Å². The van der Waals surface area contributed by atoms with Gasteiger partial charge in [-0.05, 0) is 59.9 Å². The lowest BCUT2D eigenvalue weighted by Gasteiger charge is -2.11. The molecule has 5 heteroatoms. The first kappa shape index (κ1) is 17.2. The molecule has 4 nitrogen and oxygen atoms in total. The number of hydrogen-bond donors (Lipinski definition) is 1. The Balaban J connectivity index is 1.72. The van der Waals surface area contributed by atoms with Crippen LogP contribution in [0, 0.1) is 5.82 Å². The van der Waals surface area contributed by atoms with Gasteiger partial charge in [0.15, 0.2) is 0 Å². The third-order valence-corrected chi connectivity index (χ3v) is 4.73. The van der Waals surface area contributed by atoms with Crippen LogP contribution in [0.2, 0.25) is 0 Å². The van der Waals surface area contributed by atoms with E-state index in [4.69, 9.17) is 5.10 Å². The molecule has 4 rings (SSSR count). The van der Waals surface area contributed by atoms with Crippen molar-refractivity contribution in [1.29, 1.82) is 0 Å². The van der Waals surface area contributed by atoms with E-state index in [1.807, 2.05) is 35.1 Å². The first-order valence-electron chi connectivity index (χ1n) is 8.99. The zero-order chi connectivity index (χ0) is 18.8. The summed E-state index contributed by atoms with van der Waals surface area (Å²) >= 11 is 0. The lowest BCUT2D eigenvalue weighted by atomic mass is 9.97. The van der Waals surface area contributed by atoms with Crippen molar-refractivity contribution in [2.75, 3.05) is 0 Å². The molecule has 136 valence electrons. The molecular weight excluding hydrogens is 341 g/mol. The van der Waals surface area contributed by atoms with Gasteiger partial charge in [-0.3, -0.25) is 9.48 Å². The molecule has 0 unspecified atom stereocenters. The summed E-state index contributed by atoms with van der Waals surface area (Å²) < 4.78 is 15.2. The summed E-state index contributed by atoms with van der Waals surface area (Å²) in [7, 11) is 0. The molecule has 3 aromatic rings. The van der Waals surface area contributed by atoms with Crippen molar-refractivity contribution in [1.82, 2.24) is 15.1 Å². The SMILES string of the molecule is C=CC(=O)NCc1ccc(-c2ccc(F)cc2)cc1-c1ccn(C2CC2)n1. The van der Waals surface area contributed by atoms with Gasteiger partial charge in [-0.2, -0.15) is 5.10 Å². The second-order valence-corrected chi connectivity index (χ2v) is 6.71. The number of carbonyl (C=O) groups is 1. The molecule has 0 aliphatic heterocycles. The third-order valence-electron chi connectivity index (χ3n) is 4.73. The number of hydrogen-bond acceptors (Lipinski definition) is 2. The van der Waals surface area contributed by atoms with Gasteiger partial charge in [-0.1, -0.05) is 30.8 Å². The highest BCUT2D eigenvalue weighted by Crippen LogP contribution is 2.36. The molecule has 0 spiro atoms. The molecule has 1 aliphatic rings. The summed E-state index contributed by atoms with van der Waals surface area (Å²) in [6.07, 6.45) is 5.59. The van der Waals surface area contributed by atoms with E-state index in [1.54, 1.807) is 12.1 Å². The van der Waals surface area contributed by atoms with Crippen molar-refractivity contribution in [3.05, 3.63) is 78.8 Å². The van der Waals surface area contributed by atoms with Gasteiger partial charge in [0.25, 0.3) is 0 Å². The Morgan fingerprint density at radius 3 is 2.63 bits per heavy atom. The average molecular weight is 361 g/mol. The number of nitrogens with zero attached hydrogens (tertiary/aromatic N) is 2. The highest BCUT2D eigenvalue weighted by molar-refractivity contribution is 5.87. The van der Waals surface area contributed by atoms with Crippen LogP contribution in [0.5, 0.6) is 0 Å². The Morgan fingerprint density at radius 2 is 1.93 bits per heavy atom. The predicted octanol–water partition coefficient (Wildman–Crippen LogP) is 4.49. The van der Waals surface area contributed by atoms with Crippen molar-refractivity contribution in [3.63, 3.8) is 0 Å². The maximum Gasteiger partial charge on any atom is 0.243 e. The monoisotopic (exact) mass is 361 g/mol. The second-order valence-electron chi connectivity index (χ2n) is 6.71. The lowest BCUT2D eigenvalue weighted by Crippen LogP contribution is -2.20. The fourth-order valence-electron chi connectivity index (χ4n) is 3.07. The molecule has 1 heterocycles. The van der Waals surface area contributed by atoms with Gasteiger partial charge < -0.3 is 5.32 Å². The highest BCUT2D eigenvalue weighted by Gasteiger charge is 2.24. The van der Waals surface area contributed by atoms with Gasteiger partial charge in [-0.15, -0.1) is 0 Å². The lowest BCUT2D eigenvalue weighted by molar-refractivity contribution is -0.116. The second kappa shape index (κ2) is 7.19. The summed E-state index contributed by atoms with van der Waals surface area (Å²) in [5.74, 6) is -0.474. The van der Waals surface area contributed by atoms with Crippen molar-refractivity contribution in [2.45, 2.75) is 25.4 Å². The normalized spacial score (nSPS) is 13.4. The number of amides is 1. The van der Waals surface area contributed by atoms with E-state index in [-0.39, 0.29) is 11.7 Å². The minimum Gasteiger partial charge on any atom is -0.348 e. The Hall–Kier alpha value is -3.21. The Bertz CT molecular complexity index is 987. The van der Waals surface area contributed by atoms with E-state index < -0.39 is 0 Å². The number of benzene rings is 2. The van der Waals surface area contributed by atoms with E-state index in [0.717, 1.165) is 27.9 Å². The molecule has 27 heavy (non-hydrogen) atoms. The Labute approximate surface area is 157 Å². The van der Waals surface area contributed by atoms with E-state index in [9.17, 15) is 9.18 Å². The zero-order valence-corrected chi connectivity index (χ0v) is 14.9. The van der Waals surface area contributed by atoms with Crippen LogP contribution >= 0.6 is 0 Å². The van der Waals surface area contributed by atoms with Gasteiger partial charge in [-0.25, -0.2) is 4.39 Å². The molecule has 1 saturated carbocycles. The minimum atomic E-state index is -0.258. The van der Waals surface area contributed by atoms with Crippen molar-refractivity contribution >= 4 is 5.91 Å². The number of rotatable bonds is 6. The van der Waals surface area contributed by atoms with Gasteiger partial charge in [0.1, 0.15) is 5.82 Å². The minimum absolute atomic E-state index is 0.216. The molecule has 1 N–H and O–H groups in total. The van der Waals surface area contributed by atoms with E-state index >= 15 is 0 Å². The Morgan fingerprint density at radius 1 is 1.19 bits per heavy atom. The van der Waals surface area contributed by atoms with Crippen LogP contribution in [-0.2, 0) is 11.3 Å². The topological polar surface area (TPSA) is 46.9 Å². The molecule has 0 atom stereocenters. The largest absolute Gasteiger partial charge is 0.348 e. The molecule has 1 fully saturated rings. The van der Waals surface area contributed by atoms with Crippen LogP contribution < -0.4 is 5.32 Å². The smallest absolute Gasteiger partial charge is 0.243 e. The van der Waals surface area contributed by atoms with Crippen LogP contribution in [0.4, 0.5) is 4.39 Å². The standard InChI is InChI=1S/C22H20FN3O/c1-2-22(27)24-14-17-4-3-16(15-5-7-18(23)8-6-15)13-20(17)21-11-12-26(25-21)19-9-10-19/h2-8,11-13,19H,1,9-10,14H2,(H,24,27). The summed E-state index contributed by atoms with van der Waals surface area (Å²) in [5, 5.41) is 7.55. The van der Waals surface area contributed by atoms with E-state index in [0.29, 0.717) is 12.6 Å². The summed E-state index contributed by atoms with van der Waals surface area (Å²) in [6.45, 7) is 3.87. The van der Waals surface area contributed by atoms with Crippen LogP contribution in [0.1, 0.15) is 24.4 Å². The molecule has 2 aromatic carbocycles. The van der Waals surface area contributed by atoms with Crippen molar-refractivity contribution in [3.8, 4) is 22.4 Å². The number of nitrogens with one attached hydrogen (secondary N) is 1. The maximum atomic E-state index is 13.2. The molecule has 0 radical (unpaired) electrons. The van der Waals surface area contributed by atoms with Gasteiger partial charge >= 0.3 is 0 Å². The average Bonchev–Trinajstić information content (AvgIpc) is 3.43. The third kappa shape index (κ3) is 3.82. The molecule has 1 amide bonds. The number of carbonyl (C=O) groups excluding carboxylic acids is 1. The van der Waals surface area contributed by atoms with Crippen LogP contribution in [0.25, 0.3) is 22.4 Å². The molecular formula is C22H20FN3O. The fourth-order valence-corrected chi connectivity index (χ4v) is 3.07. The highest BCUT2D eigenvalue weighted by atomic mass is 19.1. The Kier molecular flexibility index (Phi) is 4.59. The van der Waals surface area contributed by atoms with Crippen molar-refractivity contribution < 1.29 is 9.18 Å². The fraction of sp³-hybridized carbons (Fsp3) is 0.182. The molecule has 1 aliphatic carbocycles. The quantitative estimate of drug-likeness (QED) is 0.658. The molecule has 1 aromatic heterocycles. The van der Waals surface area contributed by atoms with Crippen LogP contribution in [0.15, 0.2) is 67.4 Å². The van der Waals surface area contributed by atoms with Crippen molar-refractivity contribution in [2.24, 2.45) is 0 Å². The summed E-state index contributed by atoms with van der Waals surface area (Å²) in [4.78, 5) is 11.6. The summed E-state index contributed by atoms with van der Waals surface area (Å²) in [6, 6.07) is 14.9. The summed E-state index contributed by atoms with van der Waals surface area (Å²) in [5.41, 5.74) is 4.71. The first-order valence-corrected chi connectivity index (χ1v) is 8.99. The predicted molar refractivity (Wildman–Crippen MR) is 103 cm³/mol. The van der Waals surface area contributed by atoms with E-state index in [2.05, 4.69) is 11.9 Å². The maximum absolute atomic E-state index is 13.2. The number of halogens is 1. The number of aromatic nitrogens is 2.